The fourth-order valence-electron chi connectivity index (χ4n) is 14.0. The Morgan fingerprint density at radius 1 is 0.701 bits per heavy atom. The van der Waals surface area contributed by atoms with Crippen LogP contribution < -0.4 is 0 Å². The number of carboxylic acids is 1. The van der Waals surface area contributed by atoms with Crippen molar-refractivity contribution in [3.63, 3.8) is 0 Å². The van der Waals surface area contributed by atoms with E-state index in [1.807, 2.05) is 20.8 Å². The van der Waals surface area contributed by atoms with Crippen LogP contribution in [0.4, 0.5) is 0 Å². The van der Waals surface area contributed by atoms with Gasteiger partial charge >= 0.3 is 5.97 Å². The normalized spacial score (nSPS) is 54.4. The van der Waals surface area contributed by atoms with Crippen LogP contribution in [0, 0.1) is 35.5 Å². The number of carboxylic acid groups (broad SMARTS) is 1. The number of ether oxygens (including phenoxy) is 13. The van der Waals surface area contributed by atoms with E-state index < -0.39 is 82.7 Å². The fraction of sp³-hybridized carbons (Fsp3) is 0.980. The molecule has 0 aromatic carbocycles. The highest BCUT2D eigenvalue weighted by Crippen LogP contribution is 2.58. The van der Waals surface area contributed by atoms with Gasteiger partial charge in [-0.3, -0.25) is 4.79 Å². The Morgan fingerprint density at radius 3 is 1.97 bits per heavy atom. The molecule has 7 rings (SSSR count). The third-order valence-corrected chi connectivity index (χ3v) is 18.3. The van der Waals surface area contributed by atoms with Gasteiger partial charge < -0.3 is 76.9 Å². The zero-order valence-corrected chi connectivity index (χ0v) is 43.2. The quantitative estimate of drug-likeness (QED) is 0.194. The van der Waals surface area contributed by atoms with Gasteiger partial charge in [-0.1, -0.05) is 34.6 Å². The van der Waals surface area contributed by atoms with Crippen molar-refractivity contribution >= 4 is 5.97 Å². The second kappa shape index (κ2) is 19.7. The minimum Gasteiger partial charge on any atom is -0.481 e. The predicted octanol–water partition coefficient (Wildman–Crippen LogP) is 5.61. The number of aliphatic hydroxyl groups is 2. The van der Waals surface area contributed by atoms with Crippen molar-refractivity contribution in [2.24, 2.45) is 35.5 Å². The van der Waals surface area contributed by atoms with E-state index in [2.05, 4.69) is 34.6 Å². The van der Waals surface area contributed by atoms with Crippen LogP contribution in [0.3, 0.4) is 0 Å². The van der Waals surface area contributed by atoms with E-state index in [4.69, 9.17) is 61.6 Å². The average Bonchev–Trinajstić information content (AvgIpc) is 3.99. The summed E-state index contributed by atoms with van der Waals surface area (Å²) in [5.74, 6) is -8.82. The zero-order valence-electron chi connectivity index (χ0n) is 43.2. The molecule has 1 spiro atoms. The van der Waals surface area contributed by atoms with Crippen molar-refractivity contribution < 1.29 is 81.7 Å². The molecule has 17 heteroatoms. The van der Waals surface area contributed by atoms with Gasteiger partial charge in [0.15, 0.2) is 23.7 Å². The van der Waals surface area contributed by atoms with Gasteiger partial charge in [-0.2, -0.15) is 0 Å². The van der Waals surface area contributed by atoms with E-state index >= 15 is 0 Å². The summed E-state index contributed by atoms with van der Waals surface area (Å²) < 4.78 is 85.6. The summed E-state index contributed by atoms with van der Waals surface area (Å²) in [6.07, 6.45) is -0.684. The number of aliphatic carboxylic acids is 1. The Labute approximate surface area is 399 Å². The maximum absolute atomic E-state index is 12.6. The van der Waals surface area contributed by atoms with Crippen LogP contribution in [-0.2, 0) is 66.4 Å². The minimum absolute atomic E-state index is 0.00605. The molecule has 0 aromatic heterocycles. The highest BCUT2D eigenvalue weighted by Gasteiger charge is 2.70. The summed E-state index contributed by atoms with van der Waals surface area (Å²) in [5, 5.41) is 33.8. The van der Waals surface area contributed by atoms with Crippen molar-refractivity contribution in [3.05, 3.63) is 0 Å². The molecule has 7 fully saturated rings. The summed E-state index contributed by atoms with van der Waals surface area (Å²) in [5.41, 5.74) is -2.86. The van der Waals surface area contributed by atoms with Crippen molar-refractivity contribution in [2.45, 2.75) is 241 Å². The van der Waals surface area contributed by atoms with Gasteiger partial charge in [0.25, 0.3) is 0 Å². The van der Waals surface area contributed by atoms with E-state index in [-0.39, 0.29) is 78.9 Å². The number of methoxy groups -OCH3 is 5. The summed E-state index contributed by atoms with van der Waals surface area (Å²) in [6.45, 7) is 21.1. The molecule has 0 unspecified atom stereocenters. The van der Waals surface area contributed by atoms with Crippen molar-refractivity contribution in [1.29, 1.82) is 0 Å². The van der Waals surface area contributed by atoms with Crippen LogP contribution in [-0.4, -0.2) is 171 Å². The van der Waals surface area contributed by atoms with Crippen LogP contribution in [0.15, 0.2) is 0 Å². The first kappa shape index (κ1) is 53.7. The third-order valence-electron chi connectivity index (χ3n) is 18.3. The molecule has 0 aliphatic carbocycles. The SMILES string of the molecule is CO[C@H]1[C@H](C)[C@@H]([C@H]2CC[C@H]([C@]3(C)CC[C@H]([C@@]4(C)O[C@]5(O[C@H](C[C@@H]6O[C@](O)([C@@H](C)C(=O)O)[C@@H](C)[C@H](OC)[C@@]6(C)O[C@H]6CC[C@H](OC)[C@@H](C)O6)C[C@@H](OC)[C@H]5C)[C@H](C)[C@H]4OC)O3)O2)O[C@](C)(O)[C@@H]1C. The van der Waals surface area contributed by atoms with Crippen LogP contribution in [0.2, 0.25) is 0 Å². The predicted molar refractivity (Wildman–Crippen MR) is 242 cm³/mol. The highest BCUT2D eigenvalue weighted by molar-refractivity contribution is 5.70. The monoisotopic (exact) mass is 959 g/mol. The van der Waals surface area contributed by atoms with Gasteiger partial charge in [-0.25, -0.2) is 0 Å². The number of carbonyl (C=O) groups is 1. The van der Waals surface area contributed by atoms with Gasteiger partial charge in [-0.05, 0) is 73.6 Å². The highest BCUT2D eigenvalue weighted by atomic mass is 16.8. The van der Waals surface area contributed by atoms with E-state index in [0.717, 1.165) is 19.3 Å². The third kappa shape index (κ3) is 9.10. The summed E-state index contributed by atoms with van der Waals surface area (Å²) in [6, 6.07) is 0. The molecule has 0 bridgehead atoms. The Balaban J connectivity index is 1.14. The van der Waals surface area contributed by atoms with Crippen LogP contribution in [0.25, 0.3) is 0 Å². The number of hydrogen-bond acceptors (Lipinski definition) is 16. The molecule has 17 nitrogen and oxygen atoms in total. The van der Waals surface area contributed by atoms with Gasteiger partial charge in [-0.15, -0.1) is 0 Å². The molecule has 0 radical (unpaired) electrons. The first-order valence-corrected chi connectivity index (χ1v) is 25.1. The first-order valence-electron chi connectivity index (χ1n) is 25.1. The standard InChI is InChI=1S/C50H86O17/c1-25-40(57-14)27(3)48(11,53)66-41(25)34-17-19-36(61-34)45(8)22-21-37(63-45)47(10)43(59-16)29(5)50(67-47)26(2)35(56-13)23-32(62-50)24-38-46(9,65-39-20-18-33(55-12)31(7)60-39)42(58-15)28(4)49(54,64-38)30(6)44(51)52/h25-43,53-54H,17-24H2,1-16H3,(H,51,52)/t25-,26+,27+,28-,29+,30-,31+,32-,33-,34+,35+,36+,37+,38-,39-,40-,41-,42-,43+,45-,46-,47+,48-,49-,50-/m0/s1. The molecular formula is C50H86O17. The Bertz CT molecular complexity index is 1700. The molecular weight excluding hydrogens is 873 g/mol. The van der Waals surface area contributed by atoms with Gasteiger partial charge in [0.1, 0.15) is 17.1 Å². The Hall–Kier alpha value is -1.13. The molecule has 25 atom stereocenters. The van der Waals surface area contributed by atoms with Crippen molar-refractivity contribution in [1.82, 2.24) is 0 Å². The number of rotatable bonds is 14. The van der Waals surface area contributed by atoms with E-state index in [1.165, 1.54) is 6.92 Å². The maximum atomic E-state index is 12.6. The molecule has 67 heavy (non-hydrogen) atoms. The largest absolute Gasteiger partial charge is 0.481 e. The molecule has 388 valence electrons. The van der Waals surface area contributed by atoms with Crippen LogP contribution in [0.5, 0.6) is 0 Å². The second-order valence-electron chi connectivity index (χ2n) is 22.2. The lowest BCUT2D eigenvalue weighted by atomic mass is 9.71. The Kier molecular flexibility index (Phi) is 15.8. The van der Waals surface area contributed by atoms with E-state index in [0.29, 0.717) is 25.7 Å². The lowest BCUT2D eigenvalue weighted by Crippen LogP contribution is -2.71. The molecule has 3 N–H and O–H groups in total. The molecule has 0 amide bonds. The first-order chi connectivity index (χ1) is 31.3. The zero-order chi connectivity index (χ0) is 49.4. The molecule has 7 aliphatic rings. The van der Waals surface area contributed by atoms with Crippen molar-refractivity contribution in [2.75, 3.05) is 35.5 Å². The average molecular weight is 959 g/mol. The molecule has 0 saturated carbocycles. The summed E-state index contributed by atoms with van der Waals surface area (Å²) >= 11 is 0. The van der Waals surface area contributed by atoms with Gasteiger partial charge in [0, 0.05) is 84.4 Å². The topological polar surface area (TPSA) is 198 Å². The smallest absolute Gasteiger partial charge is 0.311 e. The van der Waals surface area contributed by atoms with Crippen LogP contribution in [0.1, 0.15) is 128 Å². The summed E-state index contributed by atoms with van der Waals surface area (Å²) in [4.78, 5) is 12.6. The number of hydrogen-bond donors (Lipinski definition) is 3. The lowest BCUT2D eigenvalue weighted by Gasteiger charge is -2.58. The molecule has 0 aromatic rings. The van der Waals surface area contributed by atoms with Gasteiger partial charge in [0.2, 0.25) is 0 Å². The van der Waals surface area contributed by atoms with E-state index in [1.54, 1.807) is 49.4 Å². The molecule has 7 saturated heterocycles. The van der Waals surface area contributed by atoms with Crippen LogP contribution >= 0.6 is 0 Å². The summed E-state index contributed by atoms with van der Waals surface area (Å²) in [7, 11) is 8.28. The molecule has 7 heterocycles. The second-order valence-corrected chi connectivity index (χ2v) is 22.2. The fourth-order valence-corrected chi connectivity index (χ4v) is 14.0. The molecule has 7 aliphatic heterocycles. The Morgan fingerprint density at radius 2 is 1.37 bits per heavy atom. The van der Waals surface area contributed by atoms with E-state index in [9.17, 15) is 20.1 Å². The lowest BCUT2D eigenvalue weighted by molar-refractivity contribution is -0.403. The van der Waals surface area contributed by atoms with Crippen molar-refractivity contribution in [3.8, 4) is 0 Å². The van der Waals surface area contributed by atoms with Gasteiger partial charge in [0.05, 0.1) is 78.8 Å². The maximum Gasteiger partial charge on any atom is 0.311 e. The minimum atomic E-state index is -2.12.